The Balaban J connectivity index is 2.09. The summed E-state index contributed by atoms with van der Waals surface area (Å²) in [4.78, 5) is 10.5. The zero-order valence-electron chi connectivity index (χ0n) is 12.3. The lowest BCUT2D eigenvalue weighted by Gasteiger charge is -2.12. The van der Waals surface area contributed by atoms with Crippen molar-refractivity contribution in [1.82, 2.24) is 9.97 Å². The van der Waals surface area contributed by atoms with Crippen LogP contribution in [0, 0.1) is 6.92 Å². The molecule has 0 aliphatic rings. The second kappa shape index (κ2) is 5.98. The van der Waals surface area contributed by atoms with Crippen LogP contribution in [0.2, 0.25) is 5.28 Å². The quantitative estimate of drug-likeness (QED) is 0.715. The van der Waals surface area contributed by atoms with E-state index < -0.39 is 0 Å². The maximum atomic E-state index is 6.02. The number of anilines is 2. The second-order valence-electron chi connectivity index (χ2n) is 4.61. The topological polar surface area (TPSA) is 56.3 Å². The molecule has 0 spiro atoms. The number of thiophene rings is 1. The Kier molecular flexibility index (Phi) is 4.04. The van der Waals surface area contributed by atoms with E-state index >= 15 is 0 Å². The smallest absolute Gasteiger partial charge is 0.225 e. The number of nitrogens with one attached hydrogen (secondary N) is 1. The molecule has 0 aliphatic carbocycles. The molecular weight excluding hydrogens is 322 g/mol. The molecule has 0 atom stereocenters. The number of benzene rings is 1. The van der Waals surface area contributed by atoms with Gasteiger partial charge < -0.3 is 14.8 Å². The number of hydrogen-bond acceptors (Lipinski definition) is 6. The highest BCUT2D eigenvalue weighted by Crippen LogP contribution is 2.35. The van der Waals surface area contributed by atoms with E-state index in [4.69, 9.17) is 21.1 Å². The van der Waals surface area contributed by atoms with Crippen LogP contribution in [0.4, 0.5) is 11.5 Å². The van der Waals surface area contributed by atoms with E-state index in [2.05, 4.69) is 15.3 Å². The van der Waals surface area contributed by atoms with Crippen LogP contribution < -0.4 is 14.8 Å². The summed E-state index contributed by atoms with van der Waals surface area (Å²) < 4.78 is 10.6. The van der Waals surface area contributed by atoms with Gasteiger partial charge in [-0.2, -0.15) is 4.98 Å². The molecule has 0 amide bonds. The minimum atomic E-state index is 0.207. The molecule has 0 saturated heterocycles. The lowest BCUT2D eigenvalue weighted by molar-refractivity contribution is 0.405. The van der Waals surface area contributed by atoms with E-state index in [0.29, 0.717) is 11.6 Å². The molecule has 114 valence electrons. The Labute approximate surface area is 136 Å². The van der Waals surface area contributed by atoms with E-state index in [9.17, 15) is 0 Å². The van der Waals surface area contributed by atoms with Crippen molar-refractivity contribution < 1.29 is 9.47 Å². The van der Waals surface area contributed by atoms with Crippen molar-refractivity contribution in [2.45, 2.75) is 6.92 Å². The van der Waals surface area contributed by atoms with Crippen molar-refractivity contribution in [2.24, 2.45) is 0 Å². The molecule has 2 aromatic heterocycles. The van der Waals surface area contributed by atoms with Crippen LogP contribution in [-0.4, -0.2) is 24.2 Å². The van der Waals surface area contributed by atoms with Gasteiger partial charge in [0.15, 0.2) is 0 Å². The van der Waals surface area contributed by atoms with Gasteiger partial charge in [-0.3, -0.25) is 0 Å². The number of hydrogen-bond donors (Lipinski definition) is 1. The first-order valence-corrected chi connectivity index (χ1v) is 7.73. The summed E-state index contributed by atoms with van der Waals surface area (Å²) in [6.45, 7) is 2.02. The molecule has 5 nitrogen and oxygen atoms in total. The summed E-state index contributed by atoms with van der Waals surface area (Å²) in [6.07, 6.45) is 0. The van der Waals surface area contributed by atoms with Crippen LogP contribution >= 0.6 is 22.9 Å². The highest BCUT2D eigenvalue weighted by molar-refractivity contribution is 7.18. The monoisotopic (exact) mass is 335 g/mol. The number of rotatable bonds is 4. The number of nitrogens with zero attached hydrogens (tertiary/aromatic N) is 2. The molecule has 2 heterocycles. The summed E-state index contributed by atoms with van der Waals surface area (Å²) in [5.41, 5.74) is 0.752. The predicted octanol–water partition coefficient (Wildman–Crippen LogP) is 4.41. The van der Waals surface area contributed by atoms with E-state index in [1.54, 1.807) is 25.6 Å². The summed E-state index contributed by atoms with van der Waals surface area (Å²) >= 11 is 7.60. The van der Waals surface area contributed by atoms with E-state index in [1.807, 2.05) is 31.2 Å². The van der Waals surface area contributed by atoms with Crippen LogP contribution in [-0.2, 0) is 0 Å². The number of aryl methyl sites for hydroxylation is 1. The van der Waals surface area contributed by atoms with E-state index in [1.165, 1.54) is 0 Å². The van der Waals surface area contributed by atoms with Gasteiger partial charge in [0.1, 0.15) is 22.1 Å². The van der Waals surface area contributed by atoms with Crippen molar-refractivity contribution in [3.8, 4) is 11.5 Å². The zero-order chi connectivity index (χ0) is 15.7. The highest BCUT2D eigenvalue weighted by atomic mass is 35.5. The fourth-order valence-electron chi connectivity index (χ4n) is 2.15. The average Bonchev–Trinajstić information content (AvgIpc) is 2.87. The van der Waals surface area contributed by atoms with Crippen molar-refractivity contribution in [2.75, 3.05) is 19.5 Å². The van der Waals surface area contributed by atoms with Gasteiger partial charge in [-0.05, 0) is 36.7 Å². The lowest BCUT2D eigenvalue weighted by atomic mass is 10.2. The van der Waals surface area contributed by atoms with Gasteiger partial charge in [0.05, 0.1) is 25.3 Å². The first kappa shape index (κ1) is 14.9. The molecule has 1 N–H and O–H groups in total. The summed E-state index contributed by atoms with van der Waals surface area (Å²) in [5, 5.41) is 4.40. The molecule has 3 aromatic rings. The van der Waals surface area contributed by atoms with Crippen molar-refractivity contribution >= 4 is 44.7 Å². The normalized spacial score (nSPS) is 10.7. The van der Waals surface area contributed by atoms with Crippen molar-refractivity contribution in [3.63, 3.8) is 0 Å². The van der Waals surface area contributed by atoms with Gasteiger partial charge in [-0.1, -0.05) is 0 Å². The Bertz CT molecular complexity index is 835. The lowest BCUT2D eigenvalue weighted by Crippen LogP contribution is -1.99. The number of ether oxygens (including phenoxy) is 2. The molecule has 1 aromatic carbocycles. The third-order valence-corrected chi connectivity index (χ3v) is 4.26. The van der Waals surface area contributed by atoms with Crippen LogP contribution in [0.3, 0.4) is 0 Å². The van der Waals surface area contributed by atoms with E-state index in [-0.39, 0.29) is 5.28 Å². The molecule has 0 radical (unpaired) electrons. The van der Waals surface area contributed by atoms with Gasteiger partial charge in [-0.25, -0.2) is 4.98 Å². The first-order chi connectivity index (χ1) is 10.6. The van der Waals surface area contributed by atoms with Gasteiger partial charge >= 0.3 is 0 Å². The number of aromatic nitrogens is 2. The van der Waals surface area contributed by atoms with Crippen LogP contribution in [0.25, 0.3) is 10.2 Å². The van der Waals surface area contributed by atoms with Crippen LogP contribution in [0.5, 0.6) is 11.5 Å². The standard InChI is InChI=1S/C15H14ClN3O2S/c1-8-6-10-13(18-15(16)19-14(10)22-8)17-11-7-9(20-2)4-5-12(11)21-3/h4-7H,1-3H3,(H,17,18,19). The fraction of sp³-hybridized carbons (Fsp3) is 0.200. The van der Waals surface area contributed by atoms with E-state index in [0.717, 1.165) is 26.5 Å². The molecule has 0 unspecified atom stereocenters. The Morgan fingerprint density at radius 2 is 1.95 bits per heavy atom. The number of methoxy groups -OCH3 is 2. The molecule has 3 rings (SSSR count). The molecule has 0 aliphatic heterocycles. The van der Waals surface area contributed by atoms with Crippen molar-refractivity contribution in [1.29, 1.82) is 0 Å². The van der Waals surface area contributed by atoms with Crippen molar-refractivity contribution in [3.05, 3.63) is 34.4 Å². The zero-order valence-corrected chi connectivity index (χ0v) is 13.9. The van der Waals surface area contributed by atoms with Gasteiger partial charge in [0, 0.05) is 10.9 Å². The minimum absolute atomic E-state index is 0.207. The Morgan fingerprint density at radius 1 is 1.14 bits per heavy atom. The average molecular weight is 336 g/mol. The van der Waals surface area contributed by atoms with Gasteiger partial charge in [0.25, 0.3) is 0 Å². The summed E-state index contributed by atoms with van der Waals surface area (Å²) in [6, 6.07) is 7.55. The number of fused-ring (bicyclic) bond motifs is 1. The summed E-state index contributed by atoms with van der Waals surface area (Å²) in [5.74, 6) is 2.06. The molecule has 0 fully saturated rings. The SMILES string of the molecule is COc1ccc(OC)c(Nc2nc(Cl)nc3sc(C)cc23)c1. The summed E-state index contributed by atoms with van der Waals surface area (Å²) in [7, 11) is 3.23. The highest BCUT2D eigenvalue weighted by Gasteiger charge is 2.12. The molecule has 7 heteroatoms. The van der Waals surface area contributed by atoms with Crippen LogP contribution in [0.15, 0.2) is 24.3 Å². The largest absolute Gasteiger partial charge is 0.497 e. The van der Waals surface area contributed by atoms with Crippen LogP contribution in [0.1, 0.15) is 4.88 Å². The second-order valence-corrected chi connectivity index (χ2v) is 6.18. The predicted molar refractivity (Wildman–Crippen MR) is 90.0 cm³/mol. The third-order valence-electron chi connectivity index (χ3n) is 3.15. The molecule has 0 bridgehead atoms. The molecule has 22 heavy (non-hydrogen) atoms. The first-order valence-electron chi connectivity index (χ1n) is 6.53. The maximum absolute atomic E-state index is 6.02. The number of halogens is 1. The molecular formula is C15H14ClN3O2S. The fourth-order valence-corrected chi connectivity index (χ4v) is 3.25. The third kappa shape index (κ3) is 2.80. The van der Waals surface area contributed by atoms with Gasteiger partial charge in [0.2, 0.25) is 5.28 Å². The Hall–Kier alpha value is -2.05. The molecule has 0 saturated carbocycles. The maximum Gasteiger partial charge on any atom is 0.225 e. The van der Waals surface area contributed by atoms with Gasteiger partial charge in [-0.15, -0.1) is 11.3 Å². The Morgan fingerprint density at radius 3 is 2.68 bits per heavy atom. The minimum Gasteiger partial charge on any atom is -0.497 e.